The van der Waals surface area contributed by atoms with Crippen LogP contribution >= 0.6 is 0 Å². The van der Waals surface area contributed by atoms with Gasteiger partial charge in [0.05, 0.1) is 0 Å². The van der Waals surface area contributed by atoms with Gasteiger partial charge in [0.2, 0.25) is 0 Å². The molecule has 0 N–H and O–H groups in total. The van der Waals surface area contributed by atoms with Crippen LogP contribution in [0.2, 0.25) is 0 Å². The Hall–Kier alpha value is -0.850. The van der Waals surface area contributed by atoms with Gasteiger partial charge in [-0.15, -0.1) is 0 Å². The van der Waals surface area contributed by atoms with E-state index in [1.165, 1.54) is 5.56 Å². The van der Waals surface area contributed by atoms with E-state index < -0.39 is 0 Å². The van der Waals surface area contributed by atoms with E-state index in [9.17, 15) is 4.39 Å². The van der Waals surface area contributed by atoms with Crippen molar-refractivity contribution >= 4 is 0 Å². The third-order valence-electron chi connectivity index (χ3n) is 1.68. The van der Waals surface area contributed by atoms with Crippen LogP contribution in [0.5, 0.6) is 0 Å². The van der Waals surface area contributed by atoms with Gasteiger partial charge >= 0.3 is 0 Å². The highest BCUT2D eigenvalue weighted by Gasteiger charge is 1.93. The zero-order valence-electron chi connectivity index (χ0n) is 6.81. The summed E-state index contributed by atoms with van der Waals surface area (Å²) < 4.78 is 12.1. The molecule has 11 heavy (non-hydrogen) atoms. The molecule has 0 amide bonds. The molecule has 0 saturated carbocycles. The minimum Gasteiger partial charge on any atom is -0.246 e. The number of hydrogen-bond acceptors (Lipinski definition) is 0. The van der Waals surface area contributed by atoms with Crippen LogP contribution in [0.3, 0.4) is 0 Å². The number of halogens is 1. The van der Waals surface area contributed by atoms with Gasteiger partial charge < -0.3 is 0 Å². The SMILES string of the molecule is CCCc1cccc(CF)c1. The smallest absolute Gasteiger partial charge is 0.115 e. The minimum atomic E-state index is -0.350. The largest absolute Gasteiger partial charge is 0.246 e. The maximum absolute atomic E-state index is 12.1. The van der Waals surface area contributed by atoms with Gasteiger partial charge in [0.25, 0.3) is 0 Å². The van der Waals surface area contributed by atoms with Gasteiger partial charge in [-0.1, -0.05) is 37.6 Å². The van der Waals surface area contributed by atoms with Crippen LogP contribution in [0.4, 0.5) is 4.39 Å². The Bertz CT molecular complexity index is 218. The number of benzene rings is 1. The van der Waals surface area contributed by atoms with Crippen LogP contribution in [0.1, 0.15) is 24.5 Å². The third-order valence-corrected chi connectivity index (χ3v) is 1.68. The van der Waals surface area contributed by atoms with Crippen LogP contribution < -0.4 is 0 Å². The summed E-state index contributed by atoms with van der Waals surface area (Å²) in [5.74, 6) is 0. The highest BCUT2D eigenvalue weighted by molar-refractivity contribution is 5.22. The predicted molar refractivity (Wildman–Crippen MR) is 45.2 cm³/mol. The number of alkyl halides is 1. The second-order valence-electron chi connectivity index (χ2n) is 2.70. The van der Waals surface area contributed by atoms with E-state index in [1.807, 2.05) is 24.3 Å². The van der Waals surface area contributed by atoms with Gasteiger partial charge in [-0.2, -0.15) is 0 Å². The molecule has 0 aliphatic rings. The van der Waals surface area contributed by atoms with Crippen LogP contribution in [-0.4, -0.2) is 0 Å². The van der Waals surface area contributed by atoms with E-state index in [-0.39, 0.29) is 6.67 Å². The van der Waals surface area contributed by atoms with Gasteiger partial charge in [0.1, 0.15) is 6.67 Å². The van der Waals surface area contributed by atoms with Crippen LogP contribution in [0, 0.1) is 0 Å². The molecule has 0 aliphatic carbocycles. The molecule has 0 fully saturated rings. The number of rotatable bonds is 3. The lowest BCUT2D eigenvalue weighted by Crippen LogP contribution is -1.85. The Morgan fingerprint density at radius 1 is 1.27 bits per heavy atom. The number of hydrogen-bond donors (Lipinski definition) is 0. The van der Waals surface area contributed by atoms with Crippen LogP contribution in [0.25, 0.3) is 0 Å². The minimum absolute atomic E-state index is 0.350. The standard InChI is InChI=1S/C10H13F/c1-2-4-9-5-3-6-10(7-9)8-11/h3,5-7H,2,4,8H2,1H3. The van der Waals surface area contributed by atoms with Gasteiger partial charge in [0.15, 0.2) is 0 Å². The summed E-state index contributed by atoms with van der Waals surface area (Å²) in [6, 6.07) is 7.71. The van der Waals surface area contributed by atoms with Crippen molar-refractivity contribution in [2.45, 2.75) is 26.4 Å². The van der Waals surface area contributed by atoms with Crippen molar-refractivity contribution in [1.29, 1.82) is 0 Å². The molecule has 0 aromatic heterocycles. The summed E-state index contributed by atoms with van der Waals surface area (Å²) in [4.78, 5) is 0. The average molecular weight is 152 g/mol. The van der Waals surface area contributed by atoms with E-state index in [1.54, 1.807) is 0 Å². The van der Waals surface area contributed by atoms with Crippen LogP contribution in [0.15, 0.2) is 24.3 Å². The van der Waals surface area contributed by atoms with E-state index in [2.05, 4.69) is 6.92 Å². The first-order valence-electron chi connectivity index (χ1n) is 4.00. The Balaban J connectivity index is 2.74. The van der Waals surface area contributed by atoms with Crippen molar-refractivity contribution in [3.8, 4) is 0 Å². The Morgan fingerprint density at radius 2 is 2.00 bits per heavy atom. The Labute approximate surface area is 67.1 Å². The van der Waals surface area contributed by atoms with Gasteiger partial charge in [-0.05, 0) is 17.5 Å². The topological polar surface area (TPSA) is 0 Å². The summed E-state index contributed by atoms with van der Waals surface area (Å²) >= 11 is 0. The first kappa shape index (κ1) is 8.25. The molecule has 1 aromatic carbocycles. The lowest BCUT2D eigenvalue weighted by Gasteiger charge is -1.99. The summed E-state index contributed by atoms with van der Waals surface area (Å²) in [5.41, 5.74) is 2.03. The van der Waals surface area contributed by atoms with Gasteiger partial charge in [-0.25, -0.2) is 4.39 Å². The molecule has 0 atom stereocenters. The Kier molecular flexibility index (Phi) is 3.09. The molecule has 1 heteroatoms. The second-order valence-corrected chi connectivity index (χ2v) is 2.70. The van der Waals surface area contributed by atoms with Crippen molar-refractivity contribution in [1.82, 2.24) is 0 Å². The van der Waals surface area contributed by atoms with Gasteiger partial charge in [0, 0.05) is 0 Å². The second kappa shape index (κ2) is 4.12. The third kappa shape index (κ3) is 2.34. The summed E-state index contributed by atoms with van der Waals surface area (Å²) in [6.07, 6.45) is 2.17. The van der Waals surface area contributed by atoms with Crippen molar-refractivity contribution in [3.05, 3.63) is 35.4 Å². The lowest BCUT2D eigenvalue weighted by molar-refractivity contribution is 0.485. The average Bonchev–Trinajstić information content (AvgIpc) is 2.06. The Morgan fingerprint density at radius 3 is 2.64 bits per heavy atom. The normalized spacial score (nSPS) is 10.0. The van der Waals surface area contributed by atoms with Crippen molar-refractivity contribution in [3.63, 3.8) is 0 Å². The first-order chi connectivity index (χ1) is 5.36. The molecule has 1 rings (SSSR count). The van der Waals surface area contributed by atoms with Crippen molar-refractivity contribution < 1.29 is 4.39 Å². The predicted octanol–water partition coefficient (Wildman–Crippen LogP) is 3.11. The molecule has 0 nitrogen and oxygen atoms in total. The fourth-order valence-corrected chi connectivity index (χ4v) is 1.16. The molecule has 0 unspecified atom stereocenters. The molecule has 0 saturated heterocycles. The molecule has 1 aromatic rings. The molecular formula is C10H13F. The summed E-state index contributed by atoms with van der Waals surface area (Å²) in [5, 5.41) is 0. The monoisotopic (exact) mass is 152 g/mol. The van der Waals surface area contributed by atoms with Gasteiger partial charge in [-0.3, -0.25) is 0 Å². The summed E-state index contributed by atoms with van der Waals surface area (Å²) in [6.45, 7) is 1.78. The maximum atomic E-state index is 12.1. The fraction of sp³-hybridized carbons (Fsp3) is 0.400. The highest BCUT2D eigenvalue weighted by atomic mass is 19.1. The van der Waals surface area contributed by atoms with E-state index in [0.717, 1.165) is 18.4 Å². The molecule has 60 valence electrons. The maximum Gasteiger partial charge on any atom is 0.115 e. The van der Waals surface area contributed by atoms with Crippen molar-refractivity contribution in [2.24, 2.45) is 0 Å². The zero-order valence-corrected chi connectivity index (χ0v) is 6.81. The van der Waals surface area contributed by atoms with Crippen LogP contribution in [-0.2, 0) is 13.1 Å². The zero-order chi connectivity index (χ0) is 8.10. The molecule has 0 heterocycles. The highest BCUT2D eigenvalue weighted by Crippen LogP contribution is 2.08. The fourth-order valence-electron chi connectivity index (χ4n) is 1.16. The molecule has 0 bridgehead atoms. The summed E-state index contributed by atoms with van der Waals surface area (Å²) in [7, 11) is 0. The van der Waals surface area contributed by atoms with Crippen molar-refractivity contribution in [2.75, 3.05) is 0 Å². The molecule has 0 aliphatic heterocycles. The number of aryl methyl sites for hydroxylation is 1. The quantitative estimate of drug-likeness (QED) is 0.624. The van der Waals surface area contributed by atoms with E-state index in [0.29, 0.717) is 0 Å². The molecule has 0 spiro atoms. The van der Waals surface area contributed by atoms with E-state index in [4.69, 9.17) is 0 Å². The lowest BCUT2D eigenvalue weighted by atomic mass is 10.1. The molecule has 0 radical (unpaired) electrons. The van der Waals surface area contributed by atoms with E-state index >= 15 is 0 Å². The first-order valence-corrected chi connectivity index (χ1v) is 4.00. The molecular weight excluding hydrogens is 139 g/mol.